The fourth-order valence-electron chi connectivity index (χ4n) is 2.09. The number of rotatable bonds is 6. The zero-order valence-corrected chi connectivity index (χ0v) is 12.9. The van der Waals surface area contributed by atoms with Crippen molar-refractivity contribution in [2.45, 2.75) is 26.2 Å². The fraction of sp³-hybridized carbons (Fsp3) is 0.500. The number of nitrogens with zero attached hydrogens (tertiary/aromatic N) is 1. The first-order chi connectivity index (χ1) is 10.0. The lowest BCUT2D eigenvalue weighted by molar-refractivity contribution is 0.0505. The van der Waals surface area contributed by atoms with Crippen molar-refractivity contribution in [3.8, 4) is 0 Å². The van der Waals surface area contributed by atoms with E-state index in [1.54, 1.807) is 24.3 Å². The molecule has 7 heteroatoms. The molecule has 1 aliphatic heterocycles. The third-order valence-corrected chi connectivity index (χ3v) is 4.75. The van der Waals surface area contributed by atoms with Crippen molar-refractivity contribution < 1.29 is 17.9 Å². The van der Waals surface area contributed by atoms with Gasteiger partial charge < -0.3 is 4.74 Å². The van der Waals surface area contributed by atoms with E-state index in [1.165, 1.54) is 4.31 Å². The molecule has 1 N–H and O–H groups in total. The molecule has 0 amide bonds. The summed E-state index contributed by atoms with van der Waals surface area (Å²) in [4.78, 5) is 11.6. The predicted octanol–water partition coefficient (Wildman–Crippen LogP) is 2.01. The summed E-state index contributed by atoms with van der Waals surface area (Å²) in [5, 5.41) is 0. The molecule has 0 radical (unpaired) electrons. The Morgan fingerprint density at radius 2 is 1.86 bits per heavy atom. The topological polar surface area (TPSA) is 75.7 Å². The lowest BCUT2D eigenvalue weighted by Gasteiger charge is -2.16. The largest absolute Gasteiger partial charge is 0.462 e. The average molecular weight is 312 g/mol. The lowest BCUT2D eigenvalue weighted by Crippen LogP contribution is -2.33. The number of benzene rings is 1. The van der Waals surface area contributed by atoms with Crippen LogP contribution in [-0.4, -0.2) is 38.4 Å². The second-order valence-electron chi connectivity index (χ2n) is 4.93. The Morgan fingerprint density at radius 3 is 2.43 bits per heavy atom. The monoisotopic (exact) mass is 312 g/mol. The average Bonchev–Trinajstić information content (AvgIpc) is 3.00. The van der Waals surface area contributed by atoms with Crippen molar-refractivity contribution in [3.63, 3.8) is 0 Å². The number of nitrogens with one attached hydrogen (secondary N) is 1. The number of ether oxygens (including phenoxy) is 1. The standard InChI is InChI=1S/C14H20N2O4S/c1-2-11-20-14(17)12-5-7-13(8-6-12)15-21(18,19)16-9-3-4-10-16/h5-8,15H,2-4,9-11H2,1H3. The summed E-state index contributed by atoms with van der Waals surface area (Å²) in [6.45, 7) is 3.40. The molecule has 0 aromatic heterocycles. The summed E-state index contributed by atoms with van der Waals surface area (Å²) in [5.41, 5.74) is 0.849. The first kappa shape index (κ1) is 15.8. The first-order valence-electron chi connectivity index (χ1n) is 7.08. The quantitative estimate of drug-likeness (QED) is 0.815. The van der Waals surface area contributed by atoms with Crippen LogP contribution in [0, 0.1) is 0 Å². The van der Waals surface area contributed by atoms with Gasteiger partial charge in [0.25, 0.3) is 0 Å². The SMILES string of the molecule is CCCOC(=O)c1ccc(NS(=O)(=O)N2CCCC2)cc1. The summed E-state index contributed by atoms with van der Waals surface area (Å²) >= 11 is 0. The number of carbonyl (C=O) groups is 1. The molecule has 21 heavy (non-hydrogen) atoms. The molecule has 2 rings (SSSR count). The van der Waals surface area contributed by atoms with Crippen LogP contribution in [0.5, 0.6) is 0 Å². The van der Waals surface area contributed by atoms with Gasteiger partial charge in [-0.1, -0.05) is 6.92 Å². The third kappa shape index (κ3) is 4.18. The molecule has 1 heterocycles. The van der Waals surface area contributed by atoms with Crippen LogP contribution in [0.3, 0.4) is 0 Å². The summed E-state index contributed by atoms with van der Waals surface area (Å²) in [5.74, 6) is -0.397. The van der Waals surface area contributed by atoms with Crippen LogP contribution in [0.2, 0.25) is 0 Å². The Kier molecular flexibility index (Phi) is 5.19. The van der Waals surface area contributed by atoms with E-state index >= 15 is 0 Å². The smallest absolute Gasteiger partial charge is 0.338 e. The Bertz CT molecular complexity index is 577. The molecule has 0 spiro atoms. The van der Waals surface area contributed by atoms with Crippen LogP contribution >= 0.6 is 0 Å². The van der Waals surface area contributed by atoms with Crippen LogP contribution in [-0.2, 0) is 14.9 Å². The lowest BCUT2D eigenvalue weighted by atomic mass is 10.2. The molecule has 0 atom stereocenters. The van der Waals surface area contributed by atoms with Gasteiger partial charge in [-0.2, -0.15) is 12.7 Å². The Hall–Kier alpha value is -1.60. The summed E-state index contributed by atoms with van der Waals surface area (Å²) in [6.07, 6.45) is 2.55. The van der Waals surface area contributed by atoms with Gasteiger partial charge in [-0.3, -0.25) is 4.72 Å². The van der Waals surface area contributed by atoms with Gasteiger partial charge in [0.15, 0.2) is 0 Å². The molecule has 0 saturated carbocycles. The molecular weight excluding hydrogens is 292 g/mol. The third-order valence-electron chi connectivity index (χ3n) is 3.21. The summed E-state index contributed by atoms with van der Waals surface area (Å²) in [7, 11) is -3.49. The van der Waals surface area contributed by atoms with E-state index in [0.717, 1.165) is 19.3 Å². The van der Waals surface area contributed by atoms with Crippen LogP contribution < -0.4 is 4.72 Å². The minimum atomic E-state index is -3.49. The van der Waals surface area contributed by atoms with Gasteiger partial charge in [0, 0.05) is 18.8 Å². The van der Waals surface area contributed by atoms with E-state index in [-0.39, 0.29) is 0 Å². The molecule has 6 nitrogen and oxygen atoms in total. The van der Waals surface area contributed by atoms with Crippen molar-refractivity contribution in [1.82, 2.24) is 4.31 Å². The molecule has 1 fully saturated rings. The highest BCUT2D eigenvalue weighted by atomic mass is 32.2. The van der Waals surface area contributed by atoms with E-state index < -0.39 is 16.2 Å². The van der Waals surface area contributed by atoms with Gasteiger partial charge >= 0.3 is 16.2 Å². The highest BCUT2D eigenvalue weighted by molar-refractivity contribution is 7.90. The first-order valence-corrected chi connectivity index (χ1v) is 8.52. The molecule has 1 aliphatic rings. The Balaban J connectivity index is 2.00. The summed E-state index contributed by atoms with van der Waals surface area (Å²) < 4.78 is 33.1. The van der Waals surface area contributed by atoms with E-state index in [9.17, 15) is 13.2 Å². The van der Waals surface area contributed by atoms with Crippen LogP contribution in [0.15, 0.2) is 24.3 Å². The second-order valence-corrected chi connectivity index (χ2v) is 6.60. The zero-order valence-electron chi connectivity index (χ0n) is 12.0. The molecule has 0 aliphatic carbocycles. The molecule has 0 bridgehead atoms. The van der Waals surface area contributed by atoms with Gasteiger partial charge in [-0.05, 0) is 43.5 Å². The molecule has 1 aromatic rings. The van der Waals surface area contributed by atoms with Gasteiger partial charge in [-0.25, -0.2) is 4.79 Å². The number of esters is 1. The number of hydrogen-bond acceptors (Lipinski definition) is 4. The molecular formula is C14H20N2O4S. The van der Waals surface area contributed by atoms with Gasteiger partial charge in [0.2, 0.25) is 0 Å². The minimum Gasteiger partial charge on any atom is -0.462 e. The Labute approximate surface area is 125 Å². The van der Waals surface area contributed by atoms with E-state index in [2.05, 4.69) is 4.72 Å². The number of anilines is 1. The van der Waals surface area contributed by atoms with Crippen molar-refractivity contribution in [2.75, 3.05) is 24.4 Å². The molecule has 116 valence electrons. The Morgan fingerprint density at radius 1 is 1.24 bits per heavy atom. The molecule has 0 unspecified atom stereocenters. The van der Waals surface area contributed by atoms with Crippen molar-refractivity contribution >= 4 is 21.9 Å². The van der Waals surface area contributed by atoms with Crippen LogP contribution in [0.4, 0.5) is 5.69 Å². The van der Waals surface area contributed by atoms with Crippen molar-refractivity contribution in [1.29, 1.82) is 0 Å². The van der Waals surface area contributed by atoms with Gasteiger partial charge in [0.05, 0.1) is 12.2 Å². The highest BCUT2D eigenvalue weighted by Crippen LogP contribution is 2.17. The predicted molar refractivity (Wildman–Crippen MR) is 80.4 cm³/mol. The van der Waals surface area contributed by atoms with E-state index in [4.69, 9.17) is 4.74 Å². The normalized spacial score (nSPS) is 15.9. The van der Waals surface area contributed by atoms with Gasteiger partial charge in [-0.15, -0.1) is 0 Å². The van der Waals surface area contributed by atoms with E-state index in [1.807, 2.05) is 6.92 Å². The van der Waals surface area contributed by atoms with Crippen LogP contribution in [0.1, 0.15) is 36.5 Å². The zero-order chi connectivity index (χ0) is 15.3. The van der Waals surface area contributed by atoms with E-state index in [0.29, 0.717) is 30.9 Å². The van der Waals surface area contributed by atoms with Gasteiger partial charge in [0.1, 0.15) is 0 Å². The molecule has 1 saturated heterocycles. The van der Waals surface area contributed by atoms with Crippen molar-refractivity contribution in [2.24, 2.45) is 0 Å². The van der Waals surface area contributed by atoms with Crippen LogP contribution in [0.25, 0.3) is 0 Å². The summed E-state index contributed by atoms with van der Waals surface area (Å²) in [6, 6.07) is 6.24. The maximum atomic E-state index is 12.1. The minimum absolute atomic E-state index is 0.377. The number of hydrogen-bond donors (Lipinski definition) is 1. The van der Waals surface area contributed by atoms with Crippen molar-refractivity contribution in [3.05, 3.63) is 29.8 Å². The highest BCUT2D eigenvalue weighted by Gasteiger charge is 2.25. The number of carbonyl (C=O) groups excluding carboxylic acids is 1. The molecule has 1 aromatic carbocycles. The maximum absolute atomic E-state index is 12.1. The fourth-order valence-corrected chi connectivity index (χ4v) is 3.40. The second kappa shape index (κ2) is 6.91. The maximum Gasteiger partial charge on any atom is 0.338 e.